The Bertz CT molecular complexity index is 308. The van der Waals surface area contributed by atoms with Gasteiger partial charge in [-0.3, -0.25) is 4.79 Å². The predicted octanol–water partition coefficient (Wildman–Crippen LogP) is 1.52. The molecule has 1 rings (SSSR count). The molecule has 62 valence electrons. The van der Waals surface area contributed by atoms with Crippen molar-refractivity contribution in [2.75, 3.05) is 0 Å². The van der Waals surface area contributed by atoms with Crippen LogP contribution in [-0.2, 0) is 0 Å². The van der Waals surface area contributed by atoms with Crippen molar-refractivity contribution in [3.8, 4) is 11.8 Å². The molecule has 0 N–H and O–H groups in total. The maximum absolute atomic E-state index is 11.2. The Morgan fingerprint density at radius 3 is 3.17 bits per heavy atom. The SMILES string of the molecule is CC#CCCC(=O)c1cnsn1. The lowest BCUT2D eigenvalue weighted by Crippen LogP contribution is -1.97. The molecular formula is C8H8N2OS. The first-order chi connectivity index (χ1) is 5.84. The molecule has 0 aliphatic heterocycles. The second kappa shape index (κ2) is 4.62. The van der Waals surface area contributed by atoms with Gasteiger partial charge >= 0.3 is 0 Å². The van der Waals surface area contributed by atoms with Crippen molar-refractivity contribution in [1.82, 2.24) is 8.75 Å². The molecule has 1 heterocycles. The summed E-state index contributed by atoms with van der Waals surface area (Å²) in [5.74, 6) is 5.58. The zero-order valence-electron chi connectivity index (χ0n) is 6.70. The number of Topliss-reactive ketones (excluding diaryl/α,β-unsaturated/α-hetero) is 1. The van der Waals surface area contributed by atoms with E-state index < -0.39 is 0 Å². The molecule has 0 atom stereocenters. The standard InChI is InChI=1S/C8H8N2OS/c1-2-3-4-5-8(11)7-6-9-12-10-7/h6H,4-5H2,1H3. The molecule has 1 aromatic rings. The average molecular weight is 180 g/mol. The summed E-state index contributed by atoms with van der Waals surface area (Å²) in [5.41, 5.74) is 0.456. The quantitative estimate of drug-likeness (QED) is 0.523. The van der Waals surface area contributed by atoms with Crippen LogP contribution in [0.4, 0.5) is 0 Å². The van der Waals surface area contributed by atoms with Crippen molar-refractivity contribution < 1.29 is 4.79 Å². The van der Waals surface area contributed by atoms with Gasteiger partial charge in [0.05, 0.1) is 17.9 Å². The Kier molecular flexibility index (Phi) is 3.42. The van der Waals surface area contributed by atoms with Crippen molar-refractivity contribution in [2.24, 2.45) is 0 Å². The third-order valence-corrected chi connectivity index (χ3v) is 1.78. The van der Waals surface area contributed by atoms with E-state index >= 15 is 0 Å². The maximum atomic E-state index is 11.2. The van der Waals surface area contributed by atoms with Gasteiger partial charge in [-0.15, -0.1) is 11.8 Å². The van der Waals surface area contributed by atoms with Gasteiger partial charge in [0.15, 0.2) is 5.78 Å². The largest absolute Gasteiger partial charge is 0.292 e. The van der Waals surface area contributed by atoms with Gasteiger partial charge < -0.3 is 0 Å². The Labute approximate surface area is 75.1 Å². The first-order valence-corrected chi connectivity index (χ1v) is 4.28. The fourth-order valence-electron chi connectivity index (χ4n) is 0.717. The van der Waals surface area contributed by atoms with Gasteiger partial charge in [-0.05, 0) is 6.92 Å². The molecule has 0 radical (unpaired) electrons. The van der Waals surface area contributed by atoms with Gasteiger partial charge in [-0.25, -0.2) is 0 Å². The lowest BCUT2D eigenvalue weighted by Gasteiger charge is -1.88. The predicted molar refractivity (Wildman–Crippen MR) is 46.9 cm³/mol. The molecule has 0 aliphatic rings. The fraction of sp³-hybridized carbons (Fsp3) is 0.375. The van der Waals surface area contributed by atoms with Crippen LogP contribution < -0.4 is 0 Å². The molecule has 12 heavy (non-hydrogen) atoms. The van der Waals surface area contributed by atoms with E-state index in [4.69, 9.17) is 0 Å². The van der Waals surface area contributed by atoms with Gasteiger partial charge in [-0.2, -0.15) is 8.75 Å². The highest BCUT2D eigenvalue weighted by atomic mass is 32.1. The van der Waals surface area contributed by atoms with Crippen LogP contribution >= 0.6 is 11.7 Å². The van der Waals surface area contributed by atoms with Crippen molar-refractivity contribution >= 4 is 17.5 Å². The third-order valence-electron chi connectivity index (χ3n) is 1.30. The molecule has 0 bridgehead atoms. The van der Waals surface area contributed by atoms with Gasteiger partial charge in [0.2, 0.25) is 0 Å². The number of carbonyl (C=O) groups excluding carboxylic acids is 1. The van der Waals surface area contributed by atoms with E-state index in [0.29, 0.717) is 18.5 Å². The van der Waals surface area contributed by atoms with E-state index in [-0.39, 0.29) is 5.78 Å². The van der Waals surface area contributed by atoms with Crippen LogP contribution in [-0.4, -0.2) is 14.5 Å². The van der Waals surface area contributed by atoms with Crippen LogP contribution in [0, 0.1) is 11.8 Å². The minimum Gasteiger partial charge on any atom is -0.292 e. The molecule has 1 aromatic heterocycles. The normalized spacial score (nSPS) is 8.75. The summed E-state index contributed by atoms with van der Waals surface area (Å²) >= 11 is 1.05. The van der Waals surface area contributed by atoms with Crippen LogP contribution in [0.3, 0.4) is 0 Å². The number of hydrogen-bond donors (Lipinski definition) is 0. The maximum Gasteiger partial charge on any atom is 0.184 e. The molecule has 4 heteroatoms. The number of nitrogens with zero attached hydrogens (tertiary/aromatic N) is 2. The van der Waals surface area contributed by atoms with Gasteiger partial charge in [0, 0.05) is 12.8 Å². The number of carbonyl (C=O) groups is 1. The van der Waals surface area contributed by atoms with Crippen LogP contribution in [0.15, 0.2) is 6.20 Å². The summed E-state index contributed by atoms with van der Waals surface area (Å²) in [6.07, 6.45) is 2.53. The molecule has 0 saturated heterocycles. The molecule has 0 aromatic carbocycles. The van der Waals surface area contributed by atoms with Crippen LogP contribution in [0.25, 0.3) is 0 Å². The summed E-state index contributed by atoms with van der Waals surface area (Å²) in [6, 6.07) is 0. The lowest BCUT2D eigenvalue weighted by molar-refractivity contribution is 0.0980. The average Bonchev–Trinajstić information content (AvgIpc) is 2.56. The number of ketones is 1. The molecule has 0 aliphatic carbocycles. The third kappa shape index (κ3) is 2.44. The Balaban J connectivity index is 2.43. The van der Waals surface area contributed by atoms with Gasteiger partial charge in [0.1, 0.15) is 5.69 Å². The molecule has 0 spiro atoms. The lowest BCUT2D eigenvalue weighted by atomic mass is 10.2. The van der Waals surface area contributed by atoms with Crippen molar-refractivity contribution in [3.05, 3.63) is 11.9 Å². The van der Waals surface area contributed by atoms with E-state index in [1.54, 1.807) is 6.92 Å². The highest BCUT2D eigenvalue weighted by Crippen LogP contribution is 2.01. The van der Waals surface area contributed by atoms with E-state index in [0.717, 1.165) is 11.7 Å². The van der Waals surface area contributed by atoms with Crippen LogP contribution in [0.5, 0.6) is 0 Å². The first-order valence-electron chi connectivity index (χ1n) is 3.55. The summed E-state index contributed by atoms with van der Waals surface area (Å²) in [5, 5.41) is 0. The van der Waals surface area contributed by atoms with Crippen LogP contribution in [0.1, 0.15) is 30.3 Å². The van der Waals surface area contributed by atoms with Gasteiger partial charge in [-0.1, -0.05) is 0 Å². The monoisotopic (exact) mass is 180 g/mol. The minimum atomic E-state index is 0.0199. The molecule has 0 saturated carbocycles. The van der Waals surface area contributed by atoms with Crippen molar-refractivity contribution in [1.29, 1.82) is 0 Å². The Morgan fingerprint density at radius 1 is 1.75 bits per heavy atom. The minimum absolute atomic E-state index is 0.0199. The number of rotatable bonds is 3. The van der Waals surface area contributed by atoms with Crippen molar-refractivity contribution in [3.63, 3.8) is 0 Å². The fourth-order valence-corrected chi connectivity index (χ4v) is 1.15. The number of hydrogen-bond acceptors (Lipinski definition) is 4. The smallest absolute Gasteiger partial charge is 0.184 e. The molecule has 0 fully saturated rings. The van der Waals surface area contributed by atoms with Gasteiger partial charge in [0.25, 0.3) is 0 Å². The summed E-state index contributed by atoms with van der Waals surface area (Å²) in [7, 11) is 0. The van der Waals surface area contributed by atoms with E-state index in [1.165, 1.54) is 6.20 Å². The molecular weight excluding hydrogens is 172 g/mol. The van der Waals surface area contributed by atoms with Crippen molar-refractivity contribution in [2.45, 2.75) is 19.8 Å². The number of aromatic nitrogens is 2. The second-order valence-corrected chi connectivity index (χ2v) is 2.70. The highest BCUT2D eigenvalue weighted by molar-refractivity contribution is 6.99. The topological polar surface area (TPSA) is 42.9 Å². The van der Waals surface area contributed by atoms with Crippen LogP contribution in [0.2, 0.25) is 0 Å². The summed E-state index contributed by atoms with van der Waals surface area (Å²) < 4.78 is 7.57. The zero-order valence-corrected chi connectivity index (χ0v) is 7.52. The molecule has 3 nitrogen and oxygen atoms in total. The zero-order chi connectivity index (χ0) is 8.81. The highest BCUT2D eigenvalue weighted by Gasteiger charge is 2.06. The van der Waals surface area contributed by atoms with E-state index in [1.807, 2.05) is 0 Å². The Morgan fingerprint density at radius 2 is 2.58 bits per heavy atom. The van der Waals surface area contributed by atoms with E-state index in [2.05, 4.69) is 20.6 Å². The summed E-state index contributed by atoms with van der Waals surface area (Å²) in [6.45, 7) is 1.76. The molecule has 0 unspecified atom stereocenters. The first kappa shape index (κ1) is 8.88. The second-order valence-electron chi connectivity index (χ2n) is 2.14. The molecule has 0 amide bonds. The van der Waals surface area contributed by atoms with E-state index in [9.17, 15) is 4.79 Å². The summed E-state index contributed by atoms with van der Waals surface area (Å²) in [4.78, 5) is 11.2. The Hall–Kier alpha value is -1.21.